The highest BCUT2D eigenvalue weighted by Gasteiger charge is 2.19. The number of halogens is 1. The fourth-order valence-electron chi connectivity index (χ4n) is 4.58. The van der Waals surface area contributed by atoms with Gasteiger partial charge in [-0.15, -0.1) is 0 Å². The molecule has 2 aromatic carbocycles. The number of hydrogen-bond donors (Lipinski definition) is 0. The van der Waals surface area contributed by atoms with Gasteiger partial charge in [0, 0.05) is 40.0 Å². The fourth-order valence-corrected chi connectivity index (χ4v) is 4.58. The molecule has 392 valence electrons. The van der Waals surface area contributed by atoms with E-state index in [2.05, 4.69) is 86.6 Å². The summed E-state index contributed by atoms with van der Waals surface area (Å²) in [5, 5.41) is 0. The second-order valence-corrected chi connectivity index (χ2v) is 19.5. The molecule has 0 aliphatic carbocycles. The van der Waals surface area contributed by atoms with Crippen molar-refractivity contribution in [2.75, 3.05) is 136 Å². The van der Waals surface area contributed by atoms with Crippen LogP contribution in [0.25, 0.3) is 0 Å². The molecular formula is C50H83BrN4O13S+2. The van der Waals surface area contributed by atoms with Gasteiger partial charge in [-0.1, -0.05) is 80.9 Å². The Hall–Kier alpha value is -4.86. The number of ether oxygens (including phenoxy) is 4. The number of likely N-dealkylation sites (N-methyl/N-ethyl adjacent to an activating group) is 4. The molecule has 2 rings (SSSR count). The predicted octanol–water partition coefficient (Wildman–Crippen LogP) is 2.15. The van der Waals surface area contributed by atoms with Gasteiger partial charge in [-0.25, -0.2) is 27.6 Å². The van der Waals surface area contributed by atoms with Crippen molar-refractivity contribution < 1.29 is 95.0 Å². The second kappa shape index (κ2) is 36.1. The van der Waals surface area contributed by atoms with Crippen LogP contribution in [-0.4, -0.2) is 197 Å². The molecule has 0 fully saturated rings. The van der Waals surface area contributed by atoms with Gasteiger partial charge in [0.15, 0.2) is 5.78 Å². The van der Waals surface area contributed by atoms with Crippen LogP contribution in [0.4, 0.5) is 0 Å². The Labute approximate surface area is 424 Å². The van der Waals surface area contributed by atoms with Gasteiger partial charge in [-0.2, -0.15) is 0 Å². The van der Waals surface area contributed by atoms with E-state index in [0.29, 0.717) is 59.7 Å². The smallest absolute Gasteiger partial charge is 0.333 e. The molecule has 0 amide bonds. The zero-order valence-electron chi connectivity index (χ0n) is 43.8. The van der Waals surface area contributed by atoms with Crippen LogP contribution < -0.4 is 17.0 Å². The average Bonchev–Trinajstić information content (AvgIpc) is 3.25. The van der Waals surface area contributed by atoms with E-state index in [9.17, 15) is 36.9 Å². The molecule has 0 saturated heterocycles. The van der Waals surface area contributed by atoms with Gasteiger partial charge in [0.2, 0.25) is 10.4 Å². The van der Waals surface area contributed by atoms with Crippen molar-refractivity contribution in [3.8, 4) is 0 Å². The summed E-state index contributed by atoms with van der Waals surface area (Å²) in [6.07, 6.45) is 2.35. The number of carbonyl (C=O) groups is 5. The monoisotopic (exact) mass is 1060 g/mol. The Morgan fingerprint density at radius 3 is 1.28 bits per heavy atom. The lowest BCUT2D eigenvalue weighted by molar-refractivity contribution is -0.906. The zero-order valence-corrected chi connectivity index (χ0v) is 46.2. The van der Waals surface area contributed by atoms with E-state index in [-0.39, 0.29) is 40.7 Å². The highest BCUT2D eigenvalue weighted by molar-refractivity contribution is 7.80. The van der Waals surface area contributed by atoms with E-state index >= 15 is 0 Å². The molecule has 0 radical (unpaired) electrons. The lowest BCUT2D eigenvalue weighted by Crippen LogP contribution is -3.00. The molecule has 0 spiro atoms. The maximum Gasteiger partial charge on any atom is 0.333 e. The second-order valence-electron chi connectivity index (χ2n) is 18.4. The van der Waals surface area contributed by atoms with Crippen LogP contribution in [0.3, 0.4) is 0 Å². The third-order valence-electron chi connectivity index (χ3n) is 9.43. The Balaban J connectivity index is -0.000000413. The summed E-state index contributed by atoms with van der Waals surface area (Å²) in [5.74, 6) is -1.31. The van der Waals surface area contributed by atoms with Gasteiger partial charge in [-0.05, 0) is 27.7 Å². The summed E-state index contributed by atoms with van der Waals surface area (Å²) in [4.78, 5) is 56.0. The standard InChI is InChI=1S/C21H24NO3.C11H22NO2.C9H18NO2.C8H16NO2.CH4O4S.BrH/c1-4-20(23)25-15-14-22(2,3)16-17-10-12-19(13-11-17)21(24)18-8-6-5-7-9-18;1-6-12(5,7-2)8-9-14-11(13)10(3)4;1-8(2)9(11)12-7-6-10(3,4)5;1-5-8(10)11-7-6-9(2,3)4;1-5-6(2,3)4;/h4-13H,1,14-16H2,2-3H3;3,6-9H2,1-2,4-5H3;1,6-7H2,2-5H3;5H,1,6-7H2,2-4H3;1H3,(H,2,3,4);1H/q4*+1;;/p-2. The maximum atomic E-state index is 12.4. The summed E-state index contributed by atoms with van der Waals surface area (Å²) in [6, 6.07) is 16.9. The highest BCUT2D eigenvalue weighted by Crippen LogP contribution is 2.14. The molecule has 69 heavy (non-hydrogen) atoms. The minimum absolute atomic E-state index is 0. The SMILES string of the molecule is C=C(C)C(=O)OCC[N+](C)(C)C.C=C(C)C(=O)OCC[N+](C)(CC)CC.C=CC(=O)OCC[N+](C)(C)C.C=CC(=O)OCC[N+](C)(C)Cc1ccc(C(=O)c2ccccc2)cc1.COS(=O)(=O)[O-].[Br-]. The molecule has 0 heterocycles. The first kappa shape index (κ1) is 70.7. The number of carbonyl (C=O) groups excluding carboxylic acids is 5. The number of ketones is 1. The number of nitrogens with zero attached hydrogens (tertiary/aromatic N) is 4. The highest BCUT2D eigenvalue weighted by atomic mass is 79.9. The van der Waals surface area contributed by atoms with Crippen LogP contribution in [0.15, 0.2) is 104 Å². The maximum absolute atomic E-state index is 12.4. The molecule has 0 atom stereocenters. The molecule has 0 aromatic heterocycles. The normalized spacial score (nSPS) is 10.9. The van der Waals surface area contributed by atoms with Gasteiger partial charge < -0.3 is 58.4 Å². The number of hydrogen-bond acceptors (Lipinski definition) is 13. The summed E-state index contributed by atoms with van der Waals surface area (Å²) in [7, 11) is 15.0. The summed E-state index contributed by atoms with van der Waals surface area (Å²) in [6.45, 7) is 29.1. The molecule has 0 N–H and O–H groups in total. The Morgan fingerprint density at radius 1 is 0.594 bits per heavy atom. The number of esters is 4. The minimum atomic E-state index is -4.41. The Morgan fingerprint density at radius 2 is 0.942 bits per heavy atom. The van der Waals surface area contributed by atoms with E-state index in [1.807, 2.05) is 75.7 Å². The van der Waals surface area contributed by atoms with Crippen molar-refractivity contribution in [3.05, 3.63) is 121 Å². The topological polar surface area (TPSA) is 189 Å². The Kier molecular flexibility index (Phi) is 37.0. The van der Waals surface area contributed by atoms with E-state index in [1.54, 1.807) is 13.8 Å². The van der Waals surface area contributed by atoms with Gasteiger partial charge in [-0.3, -0.25) is 8.98 Å². The van der Waals surface area contributed by atoms with Crippen LogP contribution in [0.2, 0.25) is 0 Å². The number of benzene rings is 2. The van der Waals surface area contributed by atoms with Crippen molar-refractivity contribution in [2.24, 2.45) is 0 Å². The van der Waals surface area contributed by atoms with Crippen molar-refractivity contribution in [1.29, 1.82) is 0 Å². The zero-order chi connectivity index (χ0) is 53.4. The molecule has 0 saturated carbocycles. The van der Waals surface area contributed by atoms with Crippen molar-refractivity contribution in [2.45, 2.75) is 34.2 Å². The molecule has 0 aliphatic rings. The van der Waals surface area contributed by atoms with Crippen molar-refractivity contribution >= 4 is 40.1 Å². The van der Waals surface area contributed by atoms with E-state index in [0.717, 1.165) is 65.4 Å². The summed E-state index contributed by atoms with van der Waals surface area (Å²) in [5.41, 5.74) is 3.42. The molecule has 0 aliphatic heterocycles. The molecule has 0 unspecified atom stereocenters. The van der Waals surface area contributed by atoms with Crippen LogP contribution in [-0.2, 0) is 59.3 Å². The number of quaternary nitrogens is 4. The minimum Gasteiger partial charge on any atom is -1.00 e. The van der Waals surface area contributed by atoms with Crippen molar-refractivity contribution in [3.63, 3.8) is 0 Å². The van der Waals surface area contributed by atoms with Gasteiger partial charge in [0.1, 0.15) is 59.2 Å². The predicted molar refractivity (Wildman–Crippen MR) is 265 cm³/mol. The van der Waals surface area contributed by atoms with E-state index < -0.39 is 16.4 Å². The summed E-state index contributed by atoms with van der Waals surface area (Å²) >= 11 is 0. The van der Waals surface area contributed by atoms with Gasteiger partial charge >= 0.3 is 23.9 Å². The van der Waals surface area contributed by atoms with Gasteiger partial charge in [0.25, 0.3) is 0 Å². The first-order valence-corrected chi connectivity index (χ1v) is 23.2. The largest absolute Gasteiger partial charge is 1.00 e. The van der Waals surface area contributed by atoms with Crippen LogP contribution in [0, 0.1) is 0 Å². The molecule has 0 bridgehead atoms. The first-order chi connectivity index (χ1) is 31.2. The quantitative estimate of drug-likeness (QED) is 0.0300. The lowest BCUT2D eigenvalue weighted by atomic mass is 10.0. The van der Waals surface area contributed by atoms with Crippen LogP contribution in [0.1, 0.15) is 49.2 Å². The fraction of sp³-hybridized carbons (Fsp3) is 0.500. The first-order valence-electron chi connectivity index (χ1n) is 21.9. The van der Waals surface area contributed by atoms with Crippen LogP contribution >= 0.6 is 0 Å². The van der Waals surface area contributed by atoms with Crippen molar-refractivity contribution in [1.82, 2.24) is 0 Å². The number of rotatable bonds is 23. The molecule has 17 nitrogen and oxygen atoms in total. The summed E-state index contributed by atoms with van der Waals surface area (Å²) < 4.78 is 54.0. The third-order valence-corrected chi connectivity index (χ3v) is 9.84. The molecule has 2 aromatic rings. The average molecular weight is 1060 g/mol. The Bertz CT molecular complexity index is 1990. The van der Waals surface area contributed by atoms with Gasteiger partial charge in [0.05, 0.1) is 83.6 Å². The van der Waals surface area contributed by atoms with E-state index in [1.165, 1.54) is 12.2 Å². The molecular weight excluding hydrogens is 977 g/mol. The van der Waals surface area contributed by atoms with Crippen LogP contribution in [0.5, 0.6) is 0 Å². The molecule has 19 heteroatoms. The third kappa shape index (κ3) is 41.8. The lowest BCUT2D eigenvalue weighted by Gasteiger charge is -2.31. The van der Waals surface area contributed by atoms with E-state index in [4.69, 9.17) is 18.9 Å².